The molecule has 0 aromatic heterocycles. The molecule has 8 nitrogen and oxygen atoms in total. The highest BCUT2D eigenvalue weighted by Crippen LogP contribution is 2.02. The lowest BCUT2D eigenvalue weighted by molar-refractivity contribution is -0.368. The van der Waals surface area contributed by atoms with E-state index < -0.39 is 30.1 Å². The van der Waals surface area contributed by atoms with Crippen molar-refractivity contribution in [3.63, 3.8) is 0 Å². The Labute approximate surface area is 146 Å². The van der Waals surface area contributed by atoms with Crippen LogP contribution in [0.3, 0.4) is 0 Å². The van der Waals surface area contributed by atoms with Crippen LogP contribution in [0.1, 0.15) is 31.7 Å². The summed E-state index contributed by atoms with van der Waals surface area (Å²) in [5.74, 6) is -1.96. The van der Waals surface area contributed by atoms with Gasteiger partial charge < -0.3 is 31.0 Å². The van der Waals surface area contributed by atoms with Gasteiger partial charge >= 0.3 is 6.09 Å². The van der Waals surface area contributed by atoms with Crippen molar-refractivity contribution < 1.29 is 30.0 Å². The molecule has 1 aromatic rings. The number of carbonyl (C=O) groups is 3. The summed E-state index contributed by atoms with van der Waals surface area (Å²) in [4.78, 5) is 34.8. The first-order chi connectivity index (χ1) is 11.9. The van der Waals surface area contributed by atoms with Crippen LogP contribution in [0.4, 0.5) is 4.79 Å². The zero-order valence-corrected chi connectivity index (χ0v) is 14.3. The van der Waals surface area contributed by atoms with Gasteiger partial charge in [-0.15, -0.1) is 0 Å². The van der Waals surface area contributed by atoms with E-state index in [1.165, 1.54) is 6.92 Å². The van der Waals surface area contributed by atoms with Crippen LogP contribution in [0, 0.1) is 0 Å². The Hall–Kier alpha value is -2.61. The molecule has 0 unspecified atom stereocenters. The van der Waals surface area contributed by atoms with Crippen molar-refractivity contribution in [2.45, 2.75) is 44.9 Å². The monoisotopic (exact) mass is 351 g/mol. The van der Waals surface area contributed by atoms with Crippen molar-refractivity contribution in [1.82, 2.24) is 10.6 Å². The van der Waals surface area contributed by atoms with Crippen LogP contribution < -0.4 is 21.5 Å². The summed E-state index contributed by atoms with van der Waals surface area (Å²) < 4.78 is 5.02. The molecule has 0 fully saturated rings. The molecule has 0 bridgehead atoms. The van der Waals surface area contributed by atoms with Gasteiger partial charge in [0.25, 0.3) is 0 Å². The zero-order valence-electron chi connectivity index (χ0n) is 14.3. The number of hydrogen-bond donors (Lipinski definition) is 3. The molecule has 1 aromatic carbocycles. The molecule has 2 amide bonds. The molecule has 0 aliphatic rings. The number of alkyl carbamates (subject to hydrolysis) is 1. The Morgan fingerprint density at radius 3 is 2.44 bits per heavy atom. The maximum absolute atomic E-state index is 12.0. The van der Waals surface area contributed by atoms with Gasteiger partial charge in [0, 0.05) is 0 Å². The lowest BCUT2D eigenvalue weighted by Gasteiger charge is -2.22. The summed E-state index contributed by atoms with van der Waals surface area (Å²) in [5.41, 5.74) is 4.49. The third kappa shape index (κ3) is 8.16. The van der Waals surface area contributed by atoms with Crippen molar-refractivity contribution in [2.24, 2.45) is 0 Å². The molecule has 25 heavy (non-hydrogen) atoms. The Kier molecular flexibility index (Phi) is 9.02. The largest absolute Gasteiger partial charge is 0.548 e. The molecule has 1 rings (SSSR count). The number of ether oxygens (including phenoxy) is 1. The fourth-order valence-corrected chi connectivity index (χ4v) is 2.08. The van der Waals surface area contributed by atoms with Crippen molar-refractivity contribution in [3.05, 3.63) is 35.9 Å². The fraction of sp³-hybridized carbons (Fsp3) is 0.471. The van der Waals surface area contributed by atoms with Gasteiger partial charge in [-0.25, -0.2) is 4.79 Å². The summed E-state index contributed by atoms with van der Waals surface area (Å²) in [6.45, 7) is 2.22. The van der Waals surface area contributed by atoms with Crippen LogP contribution in [-0.4, -0.2) is 36.6 Å². The topological polar surface area (TPSA) is 135 Å². The molecule has 0 heterocycles. The summed E-state index contributed by atoms with van der Waals surface area (Å²) >= 11 is 0. The molecule has 138 valence electrons. The number of carbonyl (C=O) groups excluding carboxylic acids is 3. The number of aliphatic carboxylic acids is 1. The highest BCUT2D eigenvalue weighted by Gasteiger charge is 2.20. The van der Waals surface area contributed by atoms with E-state index in [2.05, 4.69) is 16.4 Å². The first kappa shape index (κ1) is 20.4. The van der Waals surface area contributed by atoms with Gasteiger partial charge in [0.1, 0.15) is 12.6 Å². The molecule has 2 atom stereocenters. The van der Waals surface area contributed by atoms with Crippen LogP contribution in [0.25, 0.3) is 0 Å². The van der Waals surface area contributed by atoms with Crippen LogP contribution in [0.5, 0.6) is 0 Å². The van der Waals surface area contributed by atoms with Crippen LogP contribution in [-0.2, 0) is 20.9 Å². The third-order valence-electron chi connectivity index (χ3n) is 3.53. The van der Waals surface area contributed by atoms with E-state index in [0.717, 1.165) is 12.0 Å². The summed E-state index contributed by atoms with van der Waals surface area (Å²) in [6.07, 6.45) is 0.880. The summed E-state index contributed by atoms with van der Waals surface area (Å²) in [6, 6.07) is 7.07. The molecule has 0 aliphatic heterocycles. The van der Waals surface area contributed by atoms with E-state index in [0.29, 0.717) is 13.0 Å². The first-order valence-corrected chi connectivity index (χ1v) is 8.21. The SMILES string of the molecule is C[C@H](NC(=O)OCc1ccccc1)C(=O)N[C@@H](CCCC[NH3+])C(=O)[O-]. The molecule has 5 N–H and O–H groups in total. The minimum absolute atomic E-state index is 0.0771. The van der Waals surface area contributed by atoms with E-state index in [4.69, 9.17) is 4.74 Å². The Balaban J connectivity index is 2.40. The van der Waals surface area contributed by atoms with Crippen molar-refractivity contribution >= 4 is 18.0 Å². The van der Waals surface area contributed by atoms with Crippen LogP contribution >= 0.6 is 0 Å². The molecule has 0 saturated carbocycles. The van der Waals surface area contributed by atoms with Crippen LogP contribution in [0.2, 0.25) is 0 Å². The number of amides is 2. The van der Waals surface area contributed by atoms with E-state index in [1.807, 2.05) is 18.2 Å². The number of benzene rings is 1. The lowest BCUT2D eigenvalue weighted by atomic mass is 10.1. The second-order valence-electron chi connectivity index (χ2n) is 5.66. The molecule has 0 aliphatic carbocycles. The van der Waals surface area contributed by atoms with Crippen molar-refractivity contribution in [2.75, 3.05) is 6.54 Å². The number of carboxylic acids is 1. The van der Waals surface area contributed by atoms with Gasteiger partial charge in [-0.05, 0) is 31.7 Å². The Bertz CT molecular complexity index is 565. The van der Waals surface area contributed by atoms with Crippen molar-refractivity contribution in [1.29, 1.82) is 0 Å². The van der Waals surface area contributed by atoms with Gasteiger partial charge in [-0.1, -0.05) is 30.3 Å². The Morgan fingerprint density at radius 2 is 1.84 bits per heavy atom. The minimum atomic E-state index is -1.35. The third-order valence-corrected chi connectivity index (χ3v) is 3.53. The standard InChI is InChI=1S/C17H25N3O5/c1-12(15(21)20-14(16(22)23)9-5-6-10-18)19-17(24)25-11-13-7-3-2-4-8-13/h2-4,7-8,12,14H,5-6,9-11,18H2,1H3,(H,19,24)(H,20,21)(H,22,23)/t12-,14-/m0/s1. The van der Waals surface area contributed by atoms with E-state index in [-0.39, 0.29) is 13.0 Å². The number of unbranched alkanes of at least 4 members (excludes halogenated alkanes) is 1. The molecular formula is C17H25N3O5. The number of nitrogens with one attached hydrogen (secondary N) is 2. The predicted octanol–water partition coefficient (Wildman–Crippen LogP) is -1.05. The lowest BCUT2D eigenvalue weighted by Crippen LogP contribution is -2.54. The summed E-state index contributed by atoms with van der Waals surface area (Å²) in [7, 11) is 0. The fourth-order valence-electron chi connectivity index (χ4n) is 2.08. The number of hydrogen-bond acceptors (Lipinski definition) is 5. The molecule has 0 radical (unpaired) electrons. The second kappa shape index (κ2) is 11.0. The van der Waals surface area contributed by atoms with E-state index in [1.54, 1.807) is 12.1 Å². The minimum Gasteiger partial charge on any atom is -0.548 e. The van der Waals surface area contributed by atoms with Gasteiger partial charge in [0.05, 0.1) is 18.6 Å². The van der Waals surface area contributed by atoms with Gasteiger partial charge in [0.15, 0.2) is 0 Å². The van der Waals surface area contributed by atoms with Gasteiger partial charge in [-0.3, -0.25) is 4.79 Å². The summed E-state index contributed by atoms with van der Waals surface area (Å²) in [5, 5.41) is 15.8. The number of rotatable bonds is 10. The smallest absolute Gasteiger partial charge is 0.408 e. The molecule has 0 saturated heterocycles. The maximum atomic E-state index is 12.0. The average Bonchev–Trinajstić information content (AvgIpc) is 2.59. The van der Waals surface area contributed by atoms with Gasteiger partial charge in [0.2, 0.25) is 5.91 Å². The maximum Gasteiger partial charge on any atom is 0.408 e. The van der Waals surface area contributed by atoms with Crippen LogP contribution in [0.15, 0.2) is 30.3 Å². The Morgan fingerprint density at radius 1 is 1.16 bits per heavy atom. The average molecular weight is 351 g/mol. The molecule has 8 heteroatoms. The highest BCUT2D eigenvalue weighted by atomic mass is 16.5. The number of quaternary nitrogens is 1. The normalized spacial score (nSPS) is 12.7. The quantitative estimate of drug-likeness (QED) is 0.462. The van der Waals surface area contributed by atoms with E-state index >= 15 is 0 Å². The highest BCUT2D eigenvalue weighted by molar-refractivity contribution is 5.88. The molecular weight excluding hydrogens is 326 g/mol. The molecule has 0 spiro atoms. The van der Waals surface area contributed by atoms with Crippen molar-refractivity contribution in [3.8, 4) is 0 Å². The van der Waals surface area contributed by atoms with E-state index in [9.17, 15) is 19.5 Å². The predicted molar refractivity (Wildman–Crippen MR) is 87.8 cm³/mol. The second-order valence-corrected chi connectivity index (χ2v) is 5.66. The first-order valence-electron chi connectivity index (χ1n) is 8.21. The number of carboxylic acid groups (broad SMARTS) is 1. The van der Waals surface area contributed by atoms with Gasteiger partial charge in [-0.2, -0.15) is 0 Å². The zero-order chi connectivity index (χ0) is 18.7.